The van der Waals surface area contributed by atoms with Crippen LogP contribution in [0.25, 0.3) is 0 Å². The summed E-state index contributed by atoms with van der Waals surface area (Å²) in [7, 11) is 3.25. The van der Waals surface area contributed by atoms with Crippen LogP contribution < -0.4 is 5.32 Å². The molecule has 18 heavy (non-hydrogen) atoms. The lowest BCUT2D eigenvalue weighted by Crippen LogP contribution is -2.46. The average Bonchev–Trinajstić information content (AvgIpc) is 2.30. The van der Waals surface area contributed by atoms with Gasteiger partial charge in [-0.3, -0.25) is 9.59 Å². The molecule has 0 radical (unpaired) electrons. The van der Waals surface area contributed by atoms with Gasteiger partial charge in [0.25, 0.3) is 0 Å². The molecular formula is C11H19N3O4. The van der Waals surface area contributed by atoms with Crippen LogP contribution in [0.2, 0.25) is 0 Å². The van der Waals surface area contributed by atoms with Crippen molar-refractivity contribution in [2.24, 2.45) is 5.92 Å². The fourth-order valence-corrected chi connectivity index (χ4v) is 1.79. The van der Waals surface area contributed by atoms with E-state index < -0.39 is 11.9 Å². The summed E-state index contributed by atoms with van der Waals surface area (Å²) >= 11 is 0. The number of likely N-dealkylation sites (tertiary alicyclic amines) is 1. The van der Waals surface area contributed by atoms with E-state index in [0.29, 0.717) is 19.5 Å². The Morgan fingerprint density at radius 2 is 2.17 bits per heavy atom. The van der Waals surface area contributed by atoms with Crippen molar-refractivity contribution in [3.05, 3.63) is 0 Å². The molecule has 0 bridgehead atoms. The summed E-state index contributed by atoms with van der Waals surface area (Å²) in [5.74, 6) is -1.41. The number of rotatable bonds is 4. The van der Waals surface area contributed by atoms with Gasteiger partial charge in [0.15, 0.2) is 0 Å². The van der Waals surface area contributed by atoms with Gasteiger partial charge < -0.3 is 20.2 Å². The molecule has 0 aromatic heterocycles. The van der Waals surface area contributed by atoms with Gasteiger partial charge >= 0.3 is 12.0 Å². The summed E-state index contributed by atoms with van der Waals surface area (Å²) < 4.78 is 0. The fourth-order valence-electron chi connectivity index (χ4n) is 1.79. The van der Waals surface area contributed by atoms with Gasteiger partial charge in [0.05, 0.1) is 5.92 Å². The van der Waals surface area contributed by atoms with Gasteiger partial charge in [0, 0.05) is 40.2 Å². The van der Waals surface area contributed by atoms with Crippen molar-refractivity contribution in [2.75, 3.05) is 33.7 Å². The Kier molecular flexibility index (Phi) is 4.94. The van der Waals surface area contributed by atoms with E-state index in [2.05, 4.69) is 5.32 Å². The minimum atomic E-state index is -0.871. The third-order valence-corrected chi connectivity index (χ3v) is 2.91. The Hall–Kier alpha value is -1.79. The van der Waals surface area contributed by atoms with Crippen molar-refractivity contribution in [1.82, 2.24) is 15.1 Å². The molecule has 3 amide bonds. The minimum absolute atomic E-state index is 0.0494. The Bertz CT molecular complexity index is 343. The van der Waals surface area contributed by atoms with Gasteiger partial charge in [-0.1, -0.05) is 0 Å². The maximum atomic E-state index is 11.6. The van der Waals surface area contributed by atoms with Crippen LogP contribution in [0.5, 0.6) is 0 Å². The average molecular weight is 257 g/mol. The standard InChI is InChI=1S/C11H19N3O4/c1-13(2)11(18)12-5-6-14-7-8(10(16)17)3-4-9(14)15/h8H,3-7H2,1-2H3,(H,12,18)(H,16,17). The van der Waals surface area contributed by atoms with Crippen LogP contribution >= 0.6 is 0 Å². The van der Waals surface area contributed by atoms with E-state index in [4.69, 9.17) is 5.11 Å². The zero-order valence-electron chi connectivity index (χ0n) is 10.7. The van der Waals surface area contributed by atoms with Crippen LogP contribution in [0.4, 0.5) is 4.79 Å². The number of urea groups is 1. The predicted octanol–water partition coefficient (Wildman–Crippen LogP) is -0.419. The molecule has 0 spiro atoms. The van der Waals surface area contributed by atoms with Crippen molar-refractivity contribution in [3.63, 3.8) is 0 Å². The molecule has 1 aliphatic rings. The molecule has 0 saturated carbocycles. The first kappa shape index (κ1) is 14.3. The highest BCUT2D eigenvalue weighted by Crippen LogP contribution is 2.17. The van der Waals surface area contributed by atoms with Crippen molar-refractivity contribution < 1.29 is 19.5 Å². The number of amides is 3. The molecule has 1 aliphatic heterocycles. The lowest BCUT2D eigenvalue weighted by Gasteiger charge is -2.30. The lowest BCUT2D eigenvalue weighted by molar-refractivity contribution is -0.147. The third kappa shape index (κ3) is 3.90. The molecular weight excluding hydrogens is 238 g/mol. The molecule has 1 unspecified atom stereocenters. The number of carboxylic acids is 1. The van der Waals surface area contributed by atoms with E-state index >= 15 is 0 Å². The molecule has 1 atom stereocenters. The maximum Gasteiger partial charge on any atom is 0.316 e. The third-order valence-electron chi connectivity index (χ3n) is 2.91. The van der Waals surface area contributed by atoms with Crippen molar-refractivity contribution in [1.29, 1.82) is 0 Å². The minimum Gasteiger partial charge on any atom is -0.481 e. The largest absolute Gasteiger partial charge is 0.481 e. The van der Waals surface area contributed by atoms with Crippen LogP contribution in [0.1, 0.15) is 12.8 Å². The van der Waals surface area contributed by atoms with Crippen molar-refractivity contribution in [2.45, 2.75) is 12.8 Å². The van der Waals surface area contributed by atoms with Gasteiger partial charge in [-0.15, -0.1) is 0 Å². The molecule has 1 rings (SSSR count). The number of aliphatic carboxylic acids is 1. The van der Waals surface area contributed by atoms with Gasteiger partial charge in [-0.2, -0.15) is 0 Å². The summed E-state index contributed by atoms with van der Waals surface area (Å²) in [5, 5.41) is 11.6. The van der Waals surface area contributed by atoms with Crippen LogP contribution in [-0.4, -0.2) is 66.5 Å². The molecule has 1 heterocycles. The normalized spacial score (nSPS) is 19.6. The topological polar surface area (TPSA) is 90.0 Å². The number of hydrogen-bond donors (Lipinski definition) is 2. The molecule has 1 saturated heterocycles. The molecule has 2 N–H and O–H groups in total. The monoisotopic (exact) mass is 257 g/mol. The number of piperidine rings is 1. The van der Waals surface area contributed by atoms with Crippen LogP contribution in [0.15, 0.2) is 0 Å². The summed E-state index contributed by atoms with van der Waals surface area (Å²) in [6, 6.07) is -0.228. The molecule has 7 nitrogen and oxygen atoms in total. The van der Waals surface area contributed by atoms with E-state index in [-0.39, 0.29) is 24.9 Å². The quantitative estimate of drug-likeness (QED) is 0.716. The number of nitrogens with zero attached hydrogens (tertiary/aromatic N) is 2. The Morgan fingerprint density at radius 3 is 2.72 bits per heavy atom. The zero-order valence-corrected chi connectivity index (χ0v) is 10.7. The molecule has 0 aromatic carbocycles. The van der Waals surface area contributed by atoms with E-state index in [1.165, 1.54) is 9.80 Å². The number of hydrogen-bond acceptors (Lipinski definition) is 3. The van der Waals surface area contributed by atoms with Gasteiger partial charge in [-0.25, -0.2) is 4.79 Å². The summed E-state index contributed by atoms with van der Waals surface area (Å²) in [5.41, 5.74) is 0. The van der Waals surface area contributed by atoms with E-state index in [9.17, 15) is 14.4 Å². The number of carboxylic acid groups (broad SMARTS) is 1. The molecule has 7 heteroatoms. The predicted molar refractivity (Wildman–Crippen MR) is 64.0 cm³/mol. The molecule has 102 valence electrons. The van der Waals surface area contributed by atoms with Gasteiger partial charge in [0.1, 0.15) is 0 Å². The van der Waals surface area contributed by atoms with Crippen LogP contribution in [-0.2, 0) is 9.59 Å². The molecule has 1 fully saturated rings. The van der Waals surface area contributed by atoms with Crippen molar-refractivity contribution in [3.8, 4) is 0 Å². The second kappa shape index (κ2) is 6.23. The highest BCUT2D eigenvalue weighted by atomic mass is 16.4. The second-order valence-corrected chi connectivity index (χ2v) is 4.54. The highest BCUT2D eigenvalue weighted by Gasteiger charge is 2.29. The molecule has 0 aliphatic carbocycles. The zero-order chi connectivity index (χ0) is 13.7. The lowest BCUT2D eigenvalue weighted by atomic mass is 9.98. The Labute approximate surface area is 106 Å². The first-order valence-electron chi connectivity index (χ1n) is 5.87. The smallest absolute Gasteiger partial charge is 0.316 e. The number of nitrogens with one attached hydrogen (secondary N) is 1. The van der Waals surface area contributed by atoms with Crippen LogP contribution in [0.3, 0.4) is 0 Å². The maximum absolute atomic E-state index is 11.6. The highest BCUT2D eigenvalue weighted by molar-refractivity contribution is 5.80. The summed E-state index contributed by atoms with van der Waals surface area (Å²) in [6.07, 6.45) is 0.660. The first-order valence-corrected chi connectivity index (χ1v) is 5.87. The molecule has 0 aromatic rings. The number of carbonyl (C=O) groups excluding carboxylic acids is 2. The van der Waals surface area contributed by atoms with E-state index in [1.54, 1.807) is 14.1 Å². The van der Waals surface area contributed by atoms with Gasteiger partial charge in [-0.05, 0) is 6.42 Å². The Balaban J connectivity index is 2.38. The second-order valence-electron chi connectivity index (χ2n) is 4.54. The Morgan fingerprint density at radius 1 is 1.50 bits per heavy atom. The van der Waals surface area contributed by atoms with Crippen molar-refractivity contribution >= 4 is 17.9 Å². The SMILES string of the molecule is CN(C)C(=O)NCCN1CC(C(=O)O)CCC1=O. The van der Waals surface area contributed by atoms with E-state index in [0.717, 1.165) is 0 Å². The summed E-state index contributed by atoms with van der Waals surface area (Å²) in [6.45, 7) is 0.906. The van der Waals surface area contributed by atoms with E-state index in [1.807, 2.05) is 0 Å². The summed E-state index contributed by atoms with van der Waals surface area (Å²) in [4.78, 5) is 36.6. The van der Waals surface area contributed by atoms with Crippen LogP contribution in [0, 0.1) is 5.92 Å². The first-order chi connectivity index (χ1) is 8.41. The fraction of sp³-hybridized carbons (Fsp3) is 0.727. The number of carbonyl (C=O) groups is 3. The van der Waals surface area contributed by atoms with Gasteiger partial charge in [0.2, 0.25) is 5.91 Å².